The van der Waals surface area contributed by atoms with E-state index in [2.05, 4.69) is 14.9 Å². The average Bonchev–Trinajstić information content (AvgIpc) is 3.19. The number of nitrogens with one attached hydrogen (secondary N) is 1. The lowest BCUT2D eigenvalue weighted by Crippen LogP contribution is -2.28. The highest BCUT2D eigenvalue weighted by molar-refractivity contribution is 7.15. The van der Waals surface area contributed by atoms with Crippen molar-refractivity contribution in [3.63, 3.8) is 0 Å². The van der Waals surface area contributed by atoms with Crippen molar-refractivity contribution in [3.8, 4) is 0 Å². The number of thiophene rings is 1. The molecule has 0 bridgehead atoms. The minimum atomic E-state index is -1.03. The molecule has 124 valence electrons. The molecule has 1 amide bonds. The van der Waals surface area contributed by atoms with Crippen LogP contribution in [0.25, 0.3) is 11.0 Å². The Kier molecular flexibility index (Phi) is 4.35. The van der Waals surface area contributed by atoms with Gasteiger partial charge in [-0.25, -0.2) is 9.78 Å². The molecule has 2 N–H and O–H groups in total. The zero-order chi connectivity index (χ0) is 17.3. The Bertz CT molecular complexity index is 913. The van der Waals surface area contributed by atoms with E-state index in [0.717, 1.165) is 34.7 Å². The molecule has 2 heterocycles. The van der Waals surface area contributed by atoms with Gasteiger partial charge in [-0.15, -0.1) is 11.3 Å². The van der Waals surface area contributed by atoms with Gasteiger partial charge in [-0.1, -0.05) is 12.1 Å². The van der Waals surface area contributed by atoms with Crippen molar-refractivity contribution in [1.29, 1.82) is 0 Å². The van der Waals surface area contributed by atoms with Crippen molar-refractivity contribution < 1.29 is 14.7 Å². The minimum absolute atomic E-state index is 0.147. The molecule has 6 nitrogen and oxygen atoms in total. The Hall–Kier alpha value is -2.67. The largest absolute Gasteiger partial charge is 0.477 e. The van der Waals surface area contributed by atoms with Gasteiger partial charge in [0.15, 0.2) is 0 Å². The Balaban J connectivity index is 1.85. The van der Waals surface area contributed by atoms with Gasteiger partial charge in [0.1, 0.15) is 10.7 Å². The Labute approximate surface area is 142 Å². The van der Waals surface area contributed by atoms with Crippen LogP contribution in [0.1, 0.15) is 45.1 Å². The van der Waals surface area contributed by atoms with Crippen molar-refractivity contribution in [2.24, 2.45) is 0 Å². The second kappa shape index (κ2) is 6.45. The number of fused-ring (bicyclic) bond motifs is 1. The van der Waals surface area contributed by atoms with Gasteiger partial charge < -0.3 is 15.0 Å². The monoisotopic (exact) mass is 343 g/mol. The number of aromatic nitrogens is 2. The summed E-state index contributed by atoms with van der Waals surface area (Å²) in [7, 11) is 0. The first-order valence-corrected chi connectivity index (χ1v) is 8.42. The molecule has 0 aliphatic heterocycles. The molecule has 0 radical (unpaired) electrons. The standard InChI is InChI=1S/C17H17N3O3S/c1-3-20-12-7-5-4-6-11(12)19-15(20)10(2)18-16(21)13-8-9-14(24-13)17(22)23/h4-10H,3H2,1-2H3,(H,18,21)(H,22,23)/t10-/m0/s1. The van der Waals surface area contributed by atoms with E-state index in [4.69, 9.17) is 5.11 Å². The van der Waals surface area contributed by atoms with Gasteiger partial charge in [-0.3, -0.25) is 4.79 Å². The second-order valence-corrected chi connectivity index (χ2v) is 6.45. The Morgan fingerprint density at radius 2 is 1.96 bits per heavy atom. The molecule has 0 saturated carbocycles. The maximum absolute atomic E-state index is 12.3. The van der Waals surface area contributed by atoms with E-state index in [0.29, 0.717) is 4.88 Å². The molecule has 3 rings (SSSR count). The molecule has 2 aromatic heterocycles. The van der Waals surface area contributed by atoms with Crippen LogP contribution in [0.2, 0.25) is 0 Å². The first kappa shape index (κ1) is 16.2. The van der Waals surface area contributed by atoms with Gasteiger partial charge in [0.05, 0.1) is 22.0 Å². The summed E-state index contributed by atoms with van der Waals surface area (Å²) >= 11 is 0.962. The molecule has 0 aliphatic carbocycles. The molecule has 3 aromatic rings. The van der Waals surface area contributed by atoms with E-state index in [1.54, 1.807) is 0 Å². The number of aromatic carboxylic acids is 1. The van der Waals surface area contributed by atoms with Crippen molar-refractivity contribution in [1.82, 2.24) is 14.9 Å². The number of nitrogens with zero attached hydrogens (tertiary/aromatic N) is 2. The lowest BCUT2D eigenvalue weighted by atomic mass is 10.3. The maximum atomic E-state index is 12.3. The average molecular weight is 343 g/mol. The first-order chi connectivity index (χ1) is 11.5. The smallest absolute Gasteiger partial charge is 0.345 e. The zero-order valence-electron chi connectivity index (χ0n) is 13.3. The van der Waals surface area contributed by atoms with E-state index in [9.17, 15) is 9.59 Å². The number of aryl methyl sites for hydroxylation is 1. The number of rotatable bonds is 5. The topological polar surface area (TPSA) is 84.2 Å². The van der Waals surface area contributed by atoms with Crippen LogP contribution < -0.4 is 5.32 Å². The van der Waals surface area contributed by atoms with Gasteiger partial charge in [0.25, 0.3) is 5.91 Å². The highest BCUT2D eigenvalue weighted by atomic mass is 32.1. The summed E-state index contributed by atoms with van der Waals surface area (Å²) < 4.78 is 2.07. The zero-order valence-corrected chi connectivity index (χ0v) is 14.1. The molecular formula is C17H17N3O3S. The van der Waals surface area contributed by atoms with Crippen LogP contribution in [0.3, 0.4) is 0 Å². The highest BCUT2D eigenvalue weighted by Gasteiger charge is 2.20. The molecule has 0 unspecified atom stereocenters. The van der Waals surface area contributed by atoms with Crippen molar-refractivity contribution in [2.75, 3.05) is 0 Å². The molecule has 1 atom stereocenters. The highest BCUT2D eigenvalue weighted by Crippen LogP contribution is 2.22. The van der Waals surface area contributed by atoms with E-state index in [1.165, 1.54) is 12.1 Å². The quantitative estimate of drug-likeness (QED) is 0.744. The molecule has 7 heteroatoms. The third-order valence-corrected chi connectivity index (χ3v) is 4.85. The molecule has 0 aliphatic rings. The summed E-state index contributed by atoms with van der Waals surface area (Å²) in [4.78, 5) is 28.4. The molecule has 0 saturated heterocycles. The van der Waals surface area contributed by atoms with Crippen LogP contribution in [-0.2, 0) is 6.54 Å². The number of carbonyl (C=O) groups is 2. The molecule has 1 aromatic carbocycles. The predicted octanol–water partition coefficient (Wildman–Crippen LogP) is 3.31. The van der Waals surface area contributed by atoms with Crippen LogP contribution in [0, 0.1) is 0 Å². The third kappa shape index (κ3) is 2.90. The minimum Gasteiger partial charge on any atom is -0.477 e. The van der Waals surface area contributed by atoms with E-state index in [-0.39, 0.29) is 16.8 Å². The summed E-state index contributed by atoms with van der Waals surface area (Å²) in [6.07, 6.45) is 0. The summed E-state index contributed by atoms with van der Waals surface area (Å²) in [5.41, 5.74) is 1.92. The van der Waals surface area contributed by atoms with Crippen LogP contribution in [0.5, 0.6) is 0 Å². The number of carboxylic acid groups (broad SMARTS) is 1. The fraction of sp³-hybridized carbons (Fsp3) is 0.235. The molecule has 0 fully saturated rings. The lowest BCUT2D eigenvalue weighted by molar-refractivity contribution is 0.0702. The number of carboxylic acids is 1. The van der Waals surface area contributed by atoms with Crippen LogP contribution in [0.4, 0.5) is 0 Å². The van der Waals surface area contributed by atoms with Gasteiger partial charge in [-0.2, -0.15) is 0 Å². The number of hydrogen-bond acceptors (Lipinski definition) is 4. The maximum Gasteiger partial charge on any atom is 0.345 e. The van der Waals surface area contributed by atoms with Crippen LogP contribution >= 0.6 is 11.3 Å². The lowest BCUT2D eigenvalue weighted by Gasteiger charge is -2.14. The summed E-state index contributed by atoms with van der Waals surface area (Å²) in [6.45, 7) is 4.65. The van der Waals surface area contributed by atoms with Gasteiger partial charge in [-0.05, 0) is 38.1 Å². The normalized spacial score (nSPS) is 12.2. The van der Waals surface area contributed by atoms with Gasteiger partial charge in [0, 0.05) is 6.54 Å². The Morgan fingerprint density at radius 1 is 1.25 bits per heavy atom. The number of para-hydroxylation sites is 2. The number of carbonyl (C=O) groups excluding carboxylic acids is 1. The van der Waals surface area contributed by atoms with E-state index in [1.807, 2.05) is 38.1 Å². The first-order valence-electron chi connectivity index (χ1n) is 7.60. The SMILES string of the molecule is CCn1c([C@H](C)NC(=O)c2ccc(C(=O)O)s2)nc2ccccc21. The van der Waals surface area contributed by atoms with E-state index >= 15 is 0 Å². The fourth-order valence-corrected chi connectivity index (χ4v) is 3.41. The number of amides is 1. The van der Waals surface area contributed by atoms with Gasteiger partial charge in [0.2, 0.25) is 0 Å². The van der Waals surface area contributed by atoms with Gasteiger partial charge >= 0.3 is 5.97 Å². The van der Waals surface area contributed by atoms with Crippen molar-refractivity contribution in [3.05, 3.63) is 52.0 Å². The van der Waals surface area contributed by atoms with Crippen molar-refractivity contribution >= 4 is 34.2 Å². The number of imidazole rings is 1. The van der Waals surface area contributed by atoms with E-state index < -0.39 is 5.97 Å². The molecular weight excluding hydrogens is 326 g/mol. The second-order valence-electron chi connectivity index (χ2n) is 5.37. The predicted molar refractivity (Wildman–Crippen MR) is 92.6 cm³/mol. The van der Waals surface area contributed by atoms with Crippen LogP contribution in [0.15, 0.2) is 36.4 Å². The van der Waals surface area contributed by atoms with Crippen LogP contribution in [-0.4, -0.2) is 26.5 Å². The summed E-state index contributed by atoms with van der Waals surface area (Å²) in [6, 6.07) is 10.5. The van der Waals surface area contributed by atoms with Crippen molar-refractivity contribution in [2.45, 2.75) is 26.4 Å². The summed E-state index contributed by atoms with van der Waals surface area (Å²) in [5, 5.41) is 11.8. The number of benzene rings is 1. The fourth-order valence-electron chi connectivity index (χ4n) is 2.66. The summed E-state index contributed by atoms with van der Waals surface area (Å²) in [5.74, 6) is -0.545. The Morgan fingerprint density at radius 3 is 2.62 bits per heavy atom. The molecule has 24 heavy (non-hydrogen) atoms. The molecule has 0 spiro atoms. The third-order valence-electron chi connectivity index (χ3n) is 3.78. The number of hydrogen-bond donors (Lipinski definition) is 2.